The first-order valence-corrected chi connectivity index (χ1v) is 11.0. The molecule has 0 aliphatic carbocycles. The number of hydrogen-bond donors (Lipinski definition) is 0. The average molecular weight is 425 g/mol. The van der Waals surface area contributed by atoms with Crippen molar-refractivity contribution in [1.82, 2.24) is 0 Å². The molecule has 2 aliphatic heterocycles. The molecule has 0 N–H and O–H groups in total. The Kier molecular flexibility index (Phi) is 5.59. The zero-order valence-electron chi connectivity index (χ0n) is 18.3. The number of fused-ring (bicyclic) bond motifs is 2. The van der Waals surface area contributed by atoms with Gasteiger partial charge in [0.15, 0.2) is 13.5 Å². The van der Waals surface area contributed by atoms with Crippen LogP contribution in [0.4, 0.5) is 11.4 Å². The Balaban J connectivity index is 1.30. The molecule has 0 saturated heterocycles. The molecule has 0 amide bonds. The van der Waals surface area contributed by atoms with Gasteiger partial charge in [-0.2, -0.15) is 0 Å². The topological polar surface area (TPSA) is 24.9 Å². The van der Waals surface area contributed by atoms with Crippen molar-refractivity contribution in [2.75, 3.05) is 23.3 Å². The number of hydrogen-bond acceptors (Lipinski definition) is 4. The first-order chi connectivity index (χ1) is 15.7. The summed E-state index contributed by atoms with van der Waals surface area (Å²) in [7, 11) is 0. The van der Waals surface area contributed by atoms with E-state index in [0.29, 0.717) is 13.5 Å². The normalized spacial score (nSPS) is 14.6. The minimum Gasteiger partial charge on any atom is -0.473 e. The maximum Gasteiger partial charge on any atom is 0.161 e. The molecule has 0 atom stereocenters. The molecule has 0 bridgehead atoms. The molecular weight excluding hydrogens is 396 g/mol. The second-order valence-electron chi connectivity index (χ2n) is 8.33. The maximum atomic E-state index is 6.00. The second kappa shape index (κ2) is 8.83. The largest absolute Gasteiger partial charge is 0.473 e. The lowest BCUT2D eigenvalue weighted by Crippen LogP contribution is -2.33. The standard InChI is InChI=1S/C28H28N2O2/c1-3-5-21-7-13-27-23(15-21)17-29(19-31-27)25-9-11-26(12-10-25)30-18-24-16-22(6-4-2)8-14-28(24)32-20-30/h3-4,7-16H,1-2,5-6,17-20H2. The highest BCUT2D eigenvalue weighted by Gasteiger charge is 2.20. The smallest absolute Gasteiger partial charge is 0.161 e. The molecule has 3 aromatic carbocycles. The van der Waals surface area contributed by atoms with Crippen LogP contribution in [-0.2, 0) is 25.9 Å². The van der Waals surface area contributed by atoms with Crippen LogP contribution >= 0.6 is 0 Å². The third-order valence-electron chi connectivity index (χ3n) is 6.06. The highest BCUT2D eigenvalue weighted by Crippen LogP contribution is 2.32. The van der Waals surface area contributed by atoms with Gasteiger partial charge in [-0.15, -0.1) is 13.2 Å². The van der Waals surface area contributed by atoms with Crippen LogP contribution in [0.2, 0.25) is 0 Å². The zero-order valence-corrected chi connectivity index (χ0v) is 18.3. The summed E-state index contributed by atoms with van der Waals surface area (Å²) in [5, 5.41) is 0. The number of rotatable bonds is 6. The monoisotopic (exact) mass is 424 g/mol. The Morgan fingerprint density at radius 3 is 1.50 bits per heavy atom. The van der Waals surface area contributed by atoms with Crippen molar-refractivity contribution in [1.29, 1.82) is 0 Å². The second-order valence-corrected chi connectivity index (χ2v) is 8.33. The summed E-state index contributed by atoms with van der Waals surface area (Å²) in [5.41, 5.74) is 7.27. The van der Waals surface area contributed by atoms with Crippen LogP contribution in [0.15, 0.2) is 86.0 Å². The molecule has 4 nitrogen and oxygen atoms in total. The summed E-state index contributed by atoms with van der Waals surface area (Å²) < 4.78 is 12.0. The number of nitrogens with zero attached hydrogens (tertiary/aromatic N) is 2. The Morgan fingerprint density at radius 2 is 1.09 bits per heavy atom. The van der Waals surface area contributed by atoms with Gasteiger partial charge in [0.2, 0.25) is 0 Å². The van der Waals surface area contributed by atoms with Crippen molar-refractivity contribution in [3.05, 3.63) is 108 Å². The summed E-state index contributed by atoms with van der Waals surface area (Å²) in [6, 6.07) is 21.5. The van der Waals surface area contributed by atoms with E-state index < -0.39 is 0 Å². The Labute approximate surface area is 190 Å². The number of anilines is 2. The van der Waals surface area contributed by atoms with Crippen LogP contribution in [0.3, 0.4) is 0 Å². The van der Waals surface area contributed by atoms with Gasteiger partial charge in [-0.3, -0.25) is 0 Å². The third-order valence-corrected chi connectivity index (χ3v) is 6.06. The lowest BCUT2D eigenvalue weighted by molar-refractivity contribution is 0.288. The number of benzene rings is 3. The van der Waals surface area contributed by atoms with Crippen molar-refractivity contribution in [3.63, 3.8) is 0 Å². The summed E-state index contributed by atoms with van der Waals surface area (Å²) in [6.07, 6.45) is 5.62. The first-order valence-electron chi connectivity index (χ1n) is 11.0. The van der Waals surface area contributed by atoms with Gasteiger partial charge >= 0.3 is 0 Å². The van der Waals surface area contributed by atoms with E-state index in [0.717, 1.165) is 48.8 Å². The van der Waals surface area contributed by atoms with Crippen molar-refractivity contribution in [3.8, 4) is 11.5 Å². The van der Waals surface area contributed by atoms with Crippen molar-refractivity contribution >= 4 is 11.4 Å². The predicted molar refractivity (Wildman–Crippen MR) is 130 cm³/mol. The summed E-state index contributed by atoms with van der Waals surface area (Å²) in [4.78, 5) is 4.51. The molecule has 162 valence electrons. The molecule has 3 aromatic rings. The van der Waals surface area contributed by atoms with E-state index in [-0.39, 0.29) is 0 Å². The van der Waals surface area contributed by atoms with E-state index in [2.05, 4.69) is 83.6 Å². The molecule has 0 saturated carbocycles. The first kappa shape index (κ1) is 20.3. The fourth-order valence-corrected chi connectivity index (χ4v) is 4.38. The molecule has 5 rings (SSSR count). The predicted octanol–water partition coefficient (Wildman–Crippen LogP) is 5.86. The molecule has 0 fully saturated rings. The zero-order chi connectivity index (χ0) is 21.9. The van der Waals surface area contributed by atoms with Gasteiger partial charge in [0.1, 0.15) is 11.5 Å². The summed E-state index contributed by atoms with van der Waals surface area (Å²) in [5.74, 6) is 1.95. The van der Waals surface area contributed by atoms with E-state index in [9.17, 15) is 0 Å². The van der Waals surface area contributed by atoms with Gasteiger partial charge in [0.25, 0.3) is 0 Å². The lowest BCUT2D eigenvalue weighted by atomic mass is 10.1. The molecular formula is C28H28N2O2. The molecule has 0 spiro atoms. The summed E-state index contributed by atoms with van der Waals surface area (Å²) >= 11 is 0. The van der Waals surface area contributed by atoms with Crippen LogP contribution in [0, 0.1) is 0 Å². The Hall–Kier alpha value is -3.66. The maximum absolute atomic E-state index is 6.00. The quantitative estimate of drug-likeness (QED) is 0.463. The molecule has 2 heterocycles. The van der Waals surface area contributed by atoms with Crippen LogP contribution < -0.4 is 19.3 Å². The number of allylic oxidation sites excluding steroid dienone is 2. The van der Waals surface area contributed by atoms with E-state index in [1.807, 2.05) is 12.2 Å². The Bertz CT molecular complexity index is 1050. The van der Waals surface area contributed by atoms with Gasteiger partial charge in [-0.1, -0.05) is 24.3 Å². The fraction of sp³-hybridized carbons (Fsp3) is 0.214. The third kappa shape index (κ3) is 4.09. The highest BCUT2D eigenvalue weighted by molar-refractivity contribution is 5.58. The minimum absolute atomic E-state index is 0.555. The number of ether oxygens (including phenoxy) is 2. The van der Waals surface area contributed by atoms with Crippen molar-refractivity contribution in [2.45, 2.75) is 25.9 Å². The highest BCUT2D eigenvalue weighted by atomic mass is 16.5. The van der Waals surface area contributed by atoms with Crippen LogP contribution in [0.25, 0.3) is 0 Å². The van der Waals surface area contributed by atoms with Gasteiger partial charge < -0.3 is 19.3 Å². The van der Waals surface area contributed by atoms with Crippen LogP contribution in [0.1, 0.15) is 22.3 Å². The molecule has 2 aliphatic rings. The van der Waals surface area contributed by atoms with Crippen molar-refractivity contribution in [2.24, 2.45) is 0 Å². The average Bonchev–Trinajstić information content (AvgIpc) is 2.84. The summed E-state index contributed by atoms with van der Waals surface area (Å²) in [6.45, 7) is 10.5. The minimum atomic E-state index is 0.555. The molecule has 0 aromatic heterocycles. The SMILES string of the molecule is C=CCc1ccc2c(c1)CN(c1ccc(N3COc4ccc(CC=C)cc4C3)cc1)CO2. The molecule has 0 unspecified atom stereocenters. The van der Waals surface area contributed by atoms with Gasteiger partial charge in [-0.05, 0) is 72.5 Å². The molecule has 32 heavy (non-hydrogen) atoms. The van der Waals surface area contributed by atoms with E-state index in [1.165, 1.54) is 22.3 Å². The van der Waals surface area contributed by atoms with E-state index in [4.69, 9.17) is 9.47 Å². The van der Waals surface area contributed by atoms with E-state index >= 15 is 0 Å². The van der Waals surface area contributed by atoms with Crippen LogP contribution in [0.5, 0.6) is 11.5 Å². The molecule has 4 heteroatoms. The van der Waals surface area contributed by atoms with Crippen LogP contribution in [-0.4, -0.2) is 13.5 Å². The van der Waals surface area contributed by atoms with Gasteiger partial charge in [-0.25, -0.2) is 0 Å². The van der Waals surface area contributed by atoms with Gasteiger partial charge in [0.05, 0.1) is 0 Å². The van der Waals surface area contributed by atoms with Crippen molar-refractivity contribution < 1.29 is 9.47 Å². The fourth-order valence-electron chi connectivity index (χ4n) is 4.38. The lowest BCUT2D eigenvalue weighted by Gasteiger charge is -2.33. The Morgan fingerprint density at radius 1 is 0.656 bits per heavy atom. The molecule has 0 radical (unpaired) electrons. The van der Waals surface area contributed by atoms with Gasteiger partial charge in [0, 0.05) is 35.6 Å². The van der Waals surface area contributed by atoms with E-state index in [1.54, 1.807) is 0 Å².